The minimum atomic E-state index is 0.486. The maximum absolute atomic E-state index is 8.95. The number of allylic oxidation sites excluding steroid dienone is 2. The highest BCUT2D eigenvalue weighted by molar-refractivity contribution is 5.91. The fourth-order valence-corrected chi connectivity index (χ4v) is 3.68. The fraction of sp³-hybridized carbons (Fsp3) is 0.240. The van der Waals surface area contributed by atoms with Crippen molar-refractivity contribution in [3.8, 4) is 34.7 Å². The molecule has 3 N–H and O–H groups in total. The lowest BCUT2D eigenvalue weighted by atomic mass is 10.1. The summed E-state index contributed by atoms with van der Waals surface area (Å²) >= 11 is 0. The average Bonchev–Trinajstić information content (AvgIpc) is 2.90. The zero-order valence-electron chi connectivity index (χ0n) is 19.3. The summed E-state index contributed by atoms with van der Waals surface area (Å²) in [5.74, 6) is 3.67. The van der Waals surface area contributed by atoms with Crippen molar-refractivity contribution in [2.24, 2.45) is 0 Å². The van der Waals surface area contributed by atoms with E-state index in [1.165, 1.54) is 0 Å². The molecule has 9 heteroatoms. The average molecular weight is 459 g/mol. The molecule has 0 radical (unpaired) electrons. The van der Waals surface area contributed by atoms with Gasteiger partial charge in [0.15, 0.2) is 17.3 Å². The van der Waals surface area contributed by atoms with Gasteiger partial charge in [-0.3, -0.25) is 0 Å². The first-order valence-electron chi connectivity index (χ1n) is 10.8. The third kappa shape index (κ3) is 4.66. The van der Waals surface area contributed by atoms with Gasteiger partial charge in [0.1, 0.15) is 5.82 Å². The first kappa shape index (κ1) is 22.7. The largest absolute Gasteiger partial charge is 0.493 e. The number of benzene rings is 2. The van der Waals surface area contributed by atoms with Crippen LogP contribution in [0.1, 0.15) is 0 Å². The van der Waals surface area contributed by atoms with E-state index in [9.17, 15) is 0 Å². The lowest BCUT2D eigenvalue weighted by Crippen LogP contribution is -2.32. The van der Waals surface area contributed by atoms with E-state index in [-0.39, 0.29) is 0 Å². The standard InChI is InChI=1S/C25H26N6O3/c1-32-20-10-9-18(22(33-2)23(20)34-3)25-30-19-7-5-4-6-17(19)24(31-25)28-13-12-27-21-11-8-16(14-26)15-29-21/h4-11,27,29H,12-13,15H2,1-3H3,(H,28,30,31). The summed E-state index contributed by atoms with van der Waals surface area (Å²) in [5.41, 5.74) is 2.21. The molecule has 9 nitrogen and oxygen atoms in total. The Bertz CT molecular complexity index is 1300. The Hall–Kier alpha value is -4.45. The molecular weight excluding hydrogens is 432 g/mol. The van der Waals surface area contributed by atoms with Gasteiger partial charge in [-0.1, -0.05) is 12.1 Å². The third-order valence-electron chi connectivity index (χ3n) is 5.35. The first-order valence-corrected chi connectivity index (χ1v) is 10.8. The summed E-state index contributed by atoms with van der Waals surface area (Å²) in [6.07, 6.45) is 3.68. The molecule has 1 aromatic heterocycles. The molecule has 0 unspecified atom stereocenters. The highest BCUT2D eigenvalue weighted by Crippen LogP contribution is 2.43. The summed E-state index contributed by atoms with van der Waals surface area (Å²) in [7, 11) is 4.73. The van der Waals surface area contributed by atoms with Gasteiger partial charge in [0.05, 0.1) is 50.8 Å². The Morgan fingerprint density at radius 3 is 2.44 bits per heavy atom. The molecule has 0 amide bonds. The van der Waals surface area contributed by atoms with E-state index in [1.54, 1.807) is 21.3 Å². The summed E-state index contributed by atoms with van der Waals surface area (Å²) in [4.78, 5) is 9.58. The number of aromatic nitrogens is 2. The Labute approximate surface area is 198 Å². The molecule has 2 aromatic carbocycles. The van der Waals surface area contributed by atoms with Gasteiger partial charge < -0.3 is 30.2 Å². The van der Waals surface area contributed by atoms with Gasteiger partial charge in [0.2, 0.25) is 5.75 Å². The van der Waals surface area contributed by atoms with Crippen LogP contribution in [0.4, 0.5) is 5.82 Å². The molecule has 0 saturated carbocycles. The van der Waals surface area contributed by atoms with Gasteiger partial charge in [0, 0.05) is 24.0 Å². The van der Waals surface area contributed by atoms with E-state index in [4.69, 9.17) is 29.4 Å². The molecular formula is C25H26N6O3. The van der Waals surface area contributed by atoms with E-state index >= 15 is 0 Å². The van der Waals surface area contributed by atoms with Crippen LogP contribution in [0.3, 0.4) is 0 Å². The van der Waals surface area contributed by atoms with Crippen molar-refractivity contribution in [2.75, 3.05) is 46.3 Å². The van der Waals surface area contributed by atoms with Crippen LogP contribution in [0.2, 0.25) is 0 Å². The van der Waals surface area contributed by atoms with E-state index in [2.05, 4.69) is 22.0 Å². The van der Waals surface area contributed by atoms with Crippen LogP contribution in [0.25, 0.3) is 22.3 Å². The predicted molar refractivity (Wildman–Crippen MR) is 131 cm³/mol. The molecule has 2 heterocycles. The molecule has 3 aromatic rings. The lowest BCUT2D eigenvalue weighted by molar-refractivity contribution is 0.325. The number of nitrogens with zero attached hydrogens (tertiary/aromatic N) is 3. The van der Waals surface area contributed by atoms with E-state index in [0.717, 1.165) is 22.5 Å². The molecule has 1 aliphatic rings. The van der Waals surface area contributed by atoms with Gasteiger partial charge in [-0.15, -0.1) is 0 Å². The monoisotopic (exact) mass is 458 g/mol. The molecule has 174 valence electrons. The van der Waals surface area contributed by atoms with Crippen LogP contribution < -0.4 is 30.2 Å². The van der Waals surface area contributed by atoms with E-state index in [1.807, 2.05) is 48.6 Å². The number of para-hydroxylation sites is 1. The minimum Gasteiger partial charge on any atom is -0.493 e. The van der Waals surface area contributed by atoms with Gasteiger partial charge in [0.25, 0.3) is 0 Å². The highest BCUT2D eigenvalue weighted by atomic mass is 16.5. The molecule has 34 heavy (non-hydrogen) atoms. The van der Waals surface area contributed by atoms with Crippen molar-refractivity contribution in [3.05, 3.63) is 59.9 Å². The zero-order chi connectivity index (χ0) is 23.9. The maximum atomic E-state index is 8.95. The van der Waals surface area contributed by atoms with E-state index < -0.39 is 0 Å². The fourth-order valence-electron chi connectivity index (χ4n) is 3.68. The molecule has 0 spiro atoms. The quantitative estimate of drug-likeness (QED) is 0.416. The topological polar surface area (TPSA) is 113 Å². The number of hydrogen-bond acceptors (Lipinski definition) is 9. The van der Waals surface area contributed by atoms with Crippen molar-refractivity contribution >= 4 is 16.7 Å². The number of ether oxygens (including phenoxy) is 3. The molecule has 0 fully saturated rings. The molecule has 0 atom stereocenters. The van der Waals surface area contributed by atoms with Crippen LogP contribution in [-0.2, 0) is 0 Å². The van der Waals surface area contributed by atoms with Crippen LogP contribution in [0.5, 0.6) is 17.2 Å². The predicted octanol–water partition coefficient (Wildman–Crippen LogP) is 3.22. The molecule has 0 aliphatic carbocycles. The van der Waals surface area contributed by atoms with Crippen molar-refractivity contribution in [1.29, 1.82) is 5.26 Å². The minimum absolute atomic E-state index is 0.486. The van der Waals surface area contributed by atoms with Crippen molar-refractivity contribution in [2.45, 2.75) is 0 Å². The highest BCUT2D eigenvalue weighted by Gasteiger charge is 2.20. The van der Waals surface area contributed by atoms with Gasteiger partial charge in [-0.25, -0.2) is 9.97 Å². The number of nitriles is 1. The molecule has 0 saturated heterocycles. The van der Waals surface area contributed by atoms with E-state index in [0.29, 0.717) is 53.8 Å². The van der Waals surface area contributed by atoms with Crippen molar-refractivity contribution < 1.29 is 14.2 Å². The molecule has 1 aliphatic heterocycles. The lowest BCUT2D eigenvalue weighted by Gasteiger charge is -2.17. The Balaban J connectivity index is 1.60. The van der Waals surface area contributed by atoms with Crippen molar-refractivity contribution in [3.63, 3.8) is 0 Å². The summed E-state index contributed by atoms with van der Waals surface area (Å²) < 4.78 is 16.6. The Kier molecular flexibility index (Phi) is 6.98. The second kappa shape index (κ2) is 10.4. The summed E-state index contributed by atoms with van der Waals surface area (Å²) in [6.45, 7) is 1.80. The van der Waals surface area contributed by atoms with Gasteiger partial charge in [-0.2, -0.15) is 5.26 Å². The summed E-state index contributed by atoms with van der Waals surface area (Å²) in [6, 6.07) is 13.7. The van der Waals surface area contributed by atoms with Crippen LogP contribution in [-0.4, -0.2) is 50.9 Å². The van der Waals surface area contributed by atoms with Crippen LogP contribution >= 0.6 is 0 Å². The second-order valence-electron chi connectivity index (χ2n) is 7.39. The first-order chi connectivity index (χ1) is 16.7. The second-order valence-corrected chi connectivity index (χ2v) is 7.39. The number of anilines is 1. The smallest absolute Gasteiger partial charge is 0.204 e. The zero-order valence-corrected chi connectivity index (χ0v) is 19.3. The van der Waals surface area contributed by atoms with Gasteiger partial charge in [-0.05, 0) is 36.4 Å². The number of nitrogens with one attached hydrogen (secondary N) is 3. The Morgan fingerprint density at radius 2 is 1.74 bits per heavy atom. The van der Waals surface area contributed by atoms with Crippen LogP contribution in [0.15, 0.2) is 59.9 Å². The van der Waals surface area contributed by atoms with Crippen LogP contribution in [0, 0.1) is 11.3 Å². The number of dihydropyridines is 1. The number of rotatable bonds is 9. The number of fused-ring (bicyclic) bond motifs is 1. The summed E-state index contributed by atoms with van der Waals surface area (Å²) in [5, 5.41) is 19.8. The third-order valence-corrected chi connectivity index (χ3v) is 5.35. The SMILES string of the molecule is COc1ccc(-c2nc(NCCNC3=CC=C(C#N)CN3)c3ccccc3n2)c(OC)c1OC. The molecule has 4 rings (SSSR count). The maximum Gasteiger partial charge on any atom is 0.204 e. The Morgan fingerprint density at radius 1 is 0.941 bits per heavy atom. The molecule has 0 bridgehead atoms. The van der Waals surface area contributed by atoms with Gasteiger partial charge >= 0.3 is 0 Å². The normalized spacial score (nSPS) is 12.6. The van der Waals surface area contributed by atoms with Crippen molar-refractivity contribution in [1.82, 2.24) is 20.6 Å². The number of methoxy groups -OCH3 is 3. The number of hydrogen-bond donors (Lipinski definition) is 3.